The summed E-state index contributed by atoms with van der Waals surface area (Å²) in [5, 5.41) is 10.7. The van der Waals surface area contributed by atoms with E-state index in [0.717, 1.165) is 43.4 Å². The van der Waals surface area contributed by atoms with Gasteiger partial charge in [0.1, 0.15) is 12.4 Å². The molecule has 194 valence electrons. The molecule has 36 heavy (non-hydrogen) atoms. The van der Waals surface area contributed by atoms with Gasteiger partial charge in [0.25, 0.3) is 5.91 Å². The third-order valence-electron chi connectivity index (χ3n) is 7.41. The molecule has 0 aliphatic carbocycles. The average molecular weight is 494 g/mol. The number of nitrogens with zero attached hydrogens (tertiary/aromatic N) is 2. The van der Waals surface area contributed by atoms with E-state index in [4.69, 9.17) is 10.5 Å². The molecule has 2 atom stereocenters. The molecule has 0 spiro atoms. The van der Waals surface area contributed by atoms with Crippen LogP contribution in [0, 0.1) is 5.41 Å². The van der Waals surface area contributed by atoms with Crippen molar-refractivity contribution in [3.05, 3.63) is 65.2 Å². The molecule has 2 heterocycles. The lowest BCUT2D eigenvalue weighted by molar-refractivity contribution is 0.0659. The summed E-state index contributed by atoms with van der Waals surface area (Å²) in [4.78, 5) is 29.1. The van der Waals surface area contributed by atoms with Crippen molar-refractivity contribution in [1.82, 2.24) is 9.80 Å². The summed E-state index contributed by atoms with van der Waals surface area (Å²) < 4.78 is 5.67. The normalized spacial score (nSPS) is 21.8. The second kappa shape index (κ2) is 10.9. The molecule has 0 saturated carbocycles. The first kappa shape index (κ1) is 26.0. The predicted molar refractivity (Wildman–Crippen MR) is 140 cm³/mol. The average Bonchev–Trinajstić information content (AvgIpc) is 3.06. The number of carbonyl (C=O) groups is 2. The standard InChI is InChI=1S/C29H39N3O4/c1-29(2,3)19-31(28(35)36-18-20-8-5-4-6-9-20)14-15-32-22-12-13-23(32)17-21(16-22)24-10-7-11-25(26(24)33)27(30)34/h4-11,21-23,33H,12-19H2,1-3H3,(H2,30,34). The lowest BCUT2D eigenvalue weighted by Crippen LogP contribution is -2.48. The molecule has 0 radical (unpaired) electrons. The van der Waals surface area contributed by atoms with Gasteiger partial charge in [0, 0.05) is 31.7 Å². The third-order valence-corrected chi connectivity index (χ3v) is 7.41. The van der Waals surface area contributed by atoms with Crippen molar-refractivity contribution in [2.45, 2.75) is 71.1 Å². The molecule has 0 aromatic heterocycles. The number of primary amides is 1. The zero-order valence-corrected chi connectivity index (χ0v) is 21.7. The maximum Gasteiger partial charge on any atom is 0.410 e. The highest BCUT2D eigenvalue weighted by atomic mass is 16.6. The molecule has 2 aromatic carbocycles. The van der Waals surface area contributed by atoms with Crippen LogP contribution < -0.4 is 5.73 Å². The Labute approximate surface area is 214 Å². The fourth-order valence-corrected chi connectivity index (χ4v) is 5.84. The van der Waals surface area contributed by atoms with Crippen LogP contribution in [0.3, 0.4) is 0 Å². The van der Waals surface area contributed by atoms with E-state index in [9.17, 15) is 14.7 Å². The lowest BCUT2D eigenvalue weighted by Gasteiger charge is -2.40. The zero-order chi connectivity index (χ0) is 25.9. The van der Waals surface area contributed by atoms with E-state index >= 15 is 0 Å². The Morgan fingerprint density at radius 3 is 2.33 bits per heavy atom. The molecule has 2 aliphatic rings. The highest BCUT2D eigenvalue weighted by Gasteiger charge is 2.42. The second-order valence-corrected chi connectivity index (χ2v) is 11.4. The van der Waals surface area contributed by atoms with Crippen LogP contribution in [-0.2, 0) is 11.3 Å². The summed E-state index contributed by atoms with van der Waals surface area (Å²) in [6.45, 7) is 8.70. The largest absolute Gasteiger partial charge is 0.507 e. The summed E-state index contributed by atoms with van der Waals surface area (Å²) in [6, 6.07) is 15.8. The fourth-order valence-electron chi connectivity index (χ4n) is 5.84. The van der Waals surface area contributed by atoms with Crippen molar-refractivity contribution >= 4 is 12.0 Å². The molecule has 7 nitrogen and oxygen atoms in total. The number of hydrogen-bond donors (Lipinski definition) is 2. The quantitative estimate of drug-likeness (QED) is 0.546. The van der Waals surface area contributed by atoms with Crippen LogP contribution in [0.4, 0.5) is 4.79 Å². The molecule has 2 unspecified atom stereocenters. The number of rotatable bonds is 8. The number of piperidine rings is 1. The minimum atomic E-state index is -0.604. The molecule has 2 bridgehead atoms. The molecule has 2 saturated heterocycles. The minimum Gasteiger partial charge on any atom is -0.507 e. The van der Waals surface area contributed by atoms with Crippen molar-refractivity contribution in [1.29, 1.82) is 0 Å². The lowest BCUT2D eigenvalue weighted by atomic mass is 9.83. The van der Waals surface area contributed by atoms with E-state index in [1.165, 1.54) is 0 Å². The van der Waals surface area contributed by atoms with Gasteiger partial charge in [0.05, 0.1) is 5.56 Å². The number of amides is 2. The molecule has 2 amide bonds. The zero-order valence-electron chi connectivity index (χ0n) is 21.7. The van der Waals surface area contributed by atoms with Gasteiger partial charge >= 0.3 is 6.09 Å². The molecule has 4 rings (SSSR count). The Morgan fingerprint density at radius 1 is 1.06 bits per heavy atom. The van der Waals surface area contributed by atoms with Gasteiger partial charge in [-0.05, 0) is 54.2 Å². The molecule has 2 aliphatic heterocycles. The predicted octanol–water partition coefficient (Wildman–Crippen LogP) is 4.89. The summed E-state index contributed by atoms with van der Waals surface area (Å²) >= 11 is 0. The molecular formula is C29H39N3O4. The van der Waals surface area contributed by atoms with Crippen LogP contribution in [0.1, 0.15) is 73.9 Å². The minimum absolute atomic E-state index is 0.0281. The van der Waals surface area contributed by atoms with Crippen molar-refractivity contribution in [3.63, 3.8) is 0 Å². The third kappa shape index (κ3) is 6.19. The summed E-state index contributed by atoms with van der Waals surface area (Å²) in [5.74, 6) is -0.382. The number of carbonyl (C=O) groups excluding carboxylic acids is 2. The van der Waals surface area contributed by atoms with Crippen molar-refractivity contribution < 1.29 is 19.4 Å². The van der Waals surface area contributed by atoms with Gasteiger partial charge in [-0.15, -0.1) is 0 Å². The first-order valence-corrected chi connectivity index (χ1v) is 13.0. The maximum absolute atomic E-state index is 13.0. The second-order valence-electron chi connectivity index (χ2n) is 11.4. The highest BCUT2D eigenvalue weighted by Crippen LogP contribution is 2.45. The van der Waals surface area contributed by atoms with Crippen LogP contribution in [0.5, 0.6) is 5.75 Å². The summed E-state index contributed by atoms with van der Waals surface area (Å²) in [5.41, 5.74) is 7.39. The van der Waals surface area contributed by atoms with Gasteiger partial charge in [0.15, 0.2) is 0 Å². The van der Waals surface area contributed by atoms with E-state index in [1.54, 1.807) is 12.1 Å². The smallest absolute Gasteiger partial charge is 0.410 e. The van der Waals surface area contributed by atoms with Crippen LogP contribution in [0.2, 0.25) is 0 Å². The summed E-state index contributed by atoms with van der Waals surface area (Å²) in [7, 11) is 0. The van der Waals surface area contributed by atoms with E-state index < -0.39 is 5.91 Å². The number of nitrogens with two attached hydrogens (primary N) is 1. The fraction of sp³-hybridized carbons (Fsp3) is 0.517. The molecular weight excluding hydrogens is 454 g/mol. The van der Waals surface area contributed by atoms with Gasteiger partial charge < -0.3 is 20.5 Å². The number of aromatic hydroxyl groups is 1. The van der Waals surface area contributed by atoms with Crippen molar-refractivity contribution in [3.8, 4) is 5.75 Å². The number of para-hydroxylation sites is 1. The van der Waals surface area contributed by atoms with Gasteiger partial charge in [-0.1, -0.05) is 63.2 Å². The Hall–Kier alpha value is -3.06. The topological polar surface area (TPSA) is 96.1 Å². The van der Waals surface area contributed by atoms with Gasteiger partial charge in [-0.2, -0.15) is 0 Å². The monoisotopic (exact) mass is 493 g/mol. The summed E-state index contributed by atoms with van der Waals surface area (Å²) in [6.07, 6.45) is 3.78. The molecule has 3 N–H and O–H groups in total. The molecule has 7 heteroatoms. The van der Waals surface area contributed by atoms with E-state index in [2.05, 4.69) is 25.7 Å². The first-order valence-electron chi connectivity index (χ1n) is 13.0. The number of fused-ring (bicyclic) bond motifs is 2. The number of hydrogen-bond acceptors (Lipinski definition) is 5. The SMILES string of the molecule is CC(C)(C)CN(CCN1C2CCC1CC(c1cccc(C(N)=O)c1O)C2)C(=O)OCc1ccccc1. The highest BCUT2D eigenvalue weighted by molar-refractivity contribution is 5.96. The molecule has 2 fully saturated rings. The van der Waals surface area contributed by atoms with Gasteiger partial charge in [-0.3, -0.25) is 9.69 Å². The van der Waals surface area contributed by atoms with E-state index in [0.29, 0.717) is 25.2 Å². The van der Waals surface area contributed by atoms with Crippen LogP contribution in [-0.4, -0.2) is 58.6 Å². The van der Waals surface area contributed by atoms with Gasteiger partial charge in [0.2, 0.25) is 0 Å². The first-order chi connectivity index (χ1) is 17.1. The Morgan fingerprint density at radius 2 is 1.72 bits per heavy atom. The molecule has 2 aromatic rings. The Bertz CT molecular complexity index is 1050. The number of ether oxygens (including phenoxy) is 1. The van der Waals surface area contributed by atoms with Crippen molar-refractivity contribution in [2.75, 3.05) is 19.6 Å². The van der Waals surface area contributed by atoms with Crippen LogP contribution in [0.25, 0.3) is 0 Å². The number of phenols is 1. The number of benzene rings is 2. The Balaban J connectivity index is 1.39. The van der Waals surface area contributed by atoms with Crippen molar-refractivity contribution in [2.24, 2.45) is 11.1 Å². The van der Waals surface area contributed by atoms with Gasteiger partial charge in [-0.25, -0.2) is 4.79 Å². The van der Waals surface area contributed by atoms with Crippen LogP contribution in [0.15, 0.2) is 48.5 Å². The maximum atomic E-state index is 13.0. The Kier molecular flexibility index (Phi) is 7.88. The van der Waals surface area contributed by atoms with Crippen LogP contribution >= 0.6 is 0 Å². The van der Waals surface area contributed by atoms with E-state index in [1.807, 2.05) is 41.3 Å². The van der Waals surface area contributed by atoms with E-state index in [-0.39, 0.29) is 35.3 Å².